The maximum atomic E-state index is 14.6. The van der Waals surface area contributed by atoms with Crippen LogP contribution in [0.2, 0.25) is 0 Å². The molecule has 6 amide bonds. The Kier molecular flexibility index (Phi) is 19.2. The van der Waals surface area contributed by atoms with Crippen LogP contribution in [0.1, 0.15) is 115 Å². The molecule has 6 rings (SSSR count). The summed E-state index contributed by atoms with van der Waals surface area (Å²) in [7, 11) is 3.40. The minimum Gasteiger partial charge on any atom is -0.379 e. The van der Waals surface area contributed by atoms with Crippen molar-refractivity contribution >= 4 is 35.4 Å². The molecule has 0 aromatic heterocycles. The van der Waals surface area contributed by atoms with E-state index in [4.69, 9.17) is 4.74 Å². The van der Waals surface area contributed by atoms with Gasteiger partial charge in [-0.1, -0.05) is 90.1 Å². The van der Waals surface area contributed by atoms with Gasteiger partial charge in [-0.15, -0.1) is 0 Å². The van der Waals surface area contributed by atoms with Gasteiger partial charge in [-0.05, 0) is 99.6 Å². The molecule has 0 spiro atoms. The lowest BCUT2D eigenvalue weighted by molar-refractivity contribution is -0.149. The van der Waals surface area contributed by atoms with Gasteiger partial charge in [0, 0.05) is 52.4 Å². The third kappa shape index (κ3) is 14.2. The number of carbonyl (C=O) groups excluding carboxylic acids is 6. The van der Waals surface area contributed by atoms with Gasteiger partial charge < -0.3 is 46.4 Å². The summed E-state index contributed by atoms with van der Waals surface area (Å²) in [5, 5.41) is 18.5. The minimum atomic E-state index is -0.853. The average molecular weight is 985 g/mol. The summed E-state index contributed by atoms with van der Waals surface area (Å²) in [4.78, 5) is 92.1. The third-order valence-electron chi connectivity index (χ3n) is 15.0. The molecular formula is C54H84N10O7. The third-order valence-corrected chi connectivity index (χ3v) is 15.0. The van der Waals surface area contributed by atoms with Crippen molar-refractivity contribution in [3.63, 3.8) is 0 Å². The van der Waals surface area contributed by atoms with Gasteiger partial charge in [0.05, 0.1) is 37.4 Å². The van der Waals surface area contributed by atoms with Crippen LogP contribution in [0.15, 0.2) is 48.5 Å². The summed E-state index contributed by atoms with van der Waals surface area (Å²) < 4.78 is 6.27. The van der Waals surface area contributed by atoms with E-state index in [2.05, 4.69) is 66.0 Å². The van der Waals surface area contributed by atoms with Crippen LogP contribution in [0.5, 0.6) is 0 Å². The van der Waals surface area contributed by atoms with Crippen molar-refractivity contribution in [2.45, 2.75) is 142 Å². The molecule has 2 aromatic carbocycles. The number of ether oxygens (including phenoxy) is 1. The van der Waals surface area contributed by atoms with Gasteiger partial charge in [0.1, 0.15) is 24.2 Å². The second-order valence-electron chi connectivity index (χ2n) is 22.2. The summed E-state index contributed by atoms with van der Waals surface area (Å²) in [6, 6.07) is 11.8. The van der Waals surface area contributed by atoms with Crippen molar-refractivity contribution < 1.29 is 33.5 Å². The van der Waals surface area contributed by atoms with Crippen molar-refractivity contribution in [3.05, 3.63) is 70.8 Å². The molecule has 392 valence electrons. The zero-order valence-corrected chi connectivity index (χ0v) is 44.2. The number of aryl methyl sites for hydroxylation is 2. The van der Waals surface area contributed by atoms with Gasteiger partial charge in [0.25, 0.3) is 0 Å². The standard InChI is InChI=1S/C54H84N10O7/c1-35(55-9)47(65)59-45(53(3,4)5)51(69)63-27-25-61(33-43(63)49(67)57-41-23-15-19-37-17-11-13-21-39(37)41)29-31-71-32-30-62-26-28-64(52(70)46(54(6,7)8)60-48(66)36(2)56-10)44(34-62)50(68)58-42-24-16-20-38-18-12-14-22-40(38)42/h11-14,17-18,21-22,35-36,41-46,55-56H,15-16,19-20,23-34H2,1-10H3,(H,57,67)(H,58,68)(H,59,65)(H,60,66)/t35-,36-,41+,42+,43-,44-,45+,46+/m0/s1. The van der Waals surface area contributed by atoms with Crippen LogP contribution in [0.3, 0.4) is 0 Å². The molecule has 2 aliphatic heterocycles. The molecule has 17 heteroatoms. The highest BCUT2D eigenvalue weighted by Gasteiger charge is 2.45. The molecule has 0 saturated carbocycles. The zero-order valence-electron chi connectivity index (χ0n) is 44.2. The first-order valence-electron chi connectivity index (χ1n) is 26.1. The number of piperazine rings is 2. The number of rotatable bonds is 18. The summed E-state index contributed by atoms with van der Waals surface area (Å²) >= 11 is 0. The predicted molar refractivity (Wildman–Crippen MR) is 275 cm³/mol. The molecule has 4 aliphatic rings. The number of fused-ring (bicyclic) bond motifs is 2. The van der Waals surface area contributed by atoms with Gasteiger partial charge >= 0.3 is 0 Å². The van der Waals surface area contributed by atoms with E-state index in [0.717, 1.165) is 49.7 Å². The molecule has 2 heterocycles. The van der Waals surface area contributed by atoms with Crippen LogP contribution >= 0.6 is 0 Å². The summed E-state index contributed by atoms with van der Waals surface area (Å²) in [6.45, 7) is 19.1. The summed E-state index contributed by atoms with van der Waals surface area (Å²) in [5.74, 6) is -1.58. The Hall–Kier alpha value is -4.94. The van der Waals surface area contributed by atoms with Crippen LogP contribution in [-0.4, -0.2) is 171 Å². The Labute approximate surface area is 422 Å². The molecule has 0 radical (unpaired) electrons. The quantitative estimate of drug-likeness (QED) is 0.120. The normalized spacial score (nSPS) is 22.7. The van der Waals surface area contributed by atoms with E-state index in [1.165, 1.54) is 11.1 Å². The molecular weight excluding hydrogens is 901 g/mol. The van der Waals surface area contributed by atoms with E-state index in [-0.39, 0.29) is 47.5 Å². The van der Waals surface area contributed by atoms with Crippen molar-refractivity contribution in [2.24, 2.45) is 10.8 Å². The molecule has 0 bridgehead atoms. The lowest BCUT2D eigenvalue weighted by Gasteiger charge is -2.44. The molecule has 2 aliphatic carbocycles. The fourth-order valence-corrected chi connectivity index (χ4v) is 10.3. The van der Waals surface area contributed by atoms with Crippen LogP contribution in [0.4, 0.5) is 0 Å². The summed E-state index contributed by atoms with van der Waals surface area (Å²) in [6.07, 6.45) is 5.43. The number of benzene rings is 2. The lowest BCUT2D eigenvalue weighted by Crippen LogP contribution is -2.66. The number of hydrogen-bond acceptors (Lipinski definition) is 11. The number of hydrogen-bond donors (Lipinski definition) is 6. The number of nitrogens with one attached hydrogen (secondary N) is 6. The highest BCUT2D eigenvalue weighted by Crippen LogP contribution is 2.32. The second kappa shape index (κ2) is 24.7. The van der Waals surface area contributed by atoms with Gasteiger partial charge in [0.15, 0.2) is 0 Å². The van der Waals surface area contributed by atoms with E-state index >= 15 is 0 Å². The molecule has 2 saturated heterocycles. The Bertz CT molecular complexity index is 2030. The molecule has 6 N–H and O–H groups in total. The van der Waals surface area contributed by atoms with Crippen molar-refractivity contribution in [3.8, 4) is 0 Å². The molecule has 8 atom stereocenters. The largest absolute Gasteiger partial charge is 0.379 e. The van der Waals surface area contributed by atoms with Gasteiger partial charge in [-0.25, -0.2) is 0 Å². The number of amides is 6. The zero-order chi connectivity index (χ0) is 51.6. The van der Waals surface area contributed by atoms with Crippen molar-refractivity contribution in [2.75, 3.05) is 79.7 Å². The SMILES string of the molecule is CN[C@@H](C)C(=O)N[C@H](C(=O)N1CCN(CCOCCN2CCN(C(=O)[C@@H](NC(=O)[C@H](C)NC)C(C)(C)C)[C@H](C(=O)N[C@@H]3CCCc4ccccc43)C2)C[C@H]1C(=O)N[C@@H]1CCCc2ccccc21)C(C)(C)C. The number of likely N-dealkylation sites (N-methyl/N-ethyl adjacent to an activating group) is 2. The first kappa shape index (κ1) is 55.4. The Morgan fingerprint density at radius 1 is 0.592 bits per heavy atom. The van der Waals surface area contributed by atoms with Gasteiger partial charge in [0.2, 0.25) is 35.4 Å². The maximum absolute atomic E-state index is 14.6. The van der Waals surface area contributed by atoms with Crippen LogP contribution < -0.4 is 31.9 Å². The molecule has 71 heavy (non-hydrogen) atoms. The van der Waals surface area contributed by atoms with E-state index in [1.807, 2.05) is 65.8 Å². The second-order valence-corrected chi connectivity index (χ2v) is 22.2. The maximum Gasteiger partial charge on any atom is 0.246 e. The highest BCUT2D eigenvalue weighted by molar-refractivity contribution is 5.95. The average Bonchev–Trinajstić information content (AvgIpc) is 3.35. The van der Waals surface area contributed by atoms with Crippen LogP contribution in [0.25, 0.3) is 0 Å². The summed E-state index contributed by atoms with van der Waals surface area (Å²) in [5.41, 5.74) is 3.42. The monoisotopic (exact) mass is 985 g/mol. The van der Waals surface area contributed by atoms with Crippen molar-refractivity contribution in [1.82, 2.24) is 51.5 Å². The molecule has 17 nitrogen and oxygen atoms in total. The van der Waals surface area contributed by atoms with Gasteiger partial charge in [-0.3, -0.25) is 38.6 Å². The van der Waals surface area contributed by atoms with Crippen molar-refractivity contribution in [1.29, 1.82) is 0 Å². The Morgan fingerprint density at radius 2 is 0.972 bits per heavy atom. The van der Waals surface area contributed by atoms with Crippen LogP contribution in [-0.2, 0) is 46.3 Å². The predicted octanol–water partition coefficient (Wildman–Crippen LogP) is 2.69. The lowest BCUT2D eigenvalue weighted by atomic mass is 9.85. The number of nitrogens with zero attached hydrogens (tertiary/aromatic N) is 4. The smallest absolute Gasteiger partial charge is 0.246 e. The first-order chi connectivity index (χ1) is 33.7. The van der Waals surface area contributed by atoms with Gasteiger partial charge in [-0.2, -0.15) is 0 Å². The fraction of sp³-hybridized carbons (Fsp3) is 0.667. The highest BCUT2D eigenvalue weighted by atomic mass is 16.5. The topological polar surface area (TPSA) is 197 Å². The fourth-order valence-electron chi connectivity index (χ4n) is 10.3. The van der Waals surface area contributed by atoms with E-state index in [9.17, 15) is 28.8 Å². The molecule has 2 aromatic rings. The Balaban J connectivity index is 1.11. The molecule has 2 fully saturated rings. The van der Waals surface area contributed by atoms with E-state index in [1.54, 1.807) is 37.7 Å². The van der Waals surface area contributed by atoms with E-state index < -0.39 is 47.1 Å². The first-order valence-corrected chi connectivity index (χ1v) is 26.1. The van der Waals surface area contributed by atoms with Crippen LogP contribution in [0, 0.1) is 10.8 Å². The molecule has 0 unspecified atom stereocenters. The minimum absolute atomic E-state index is 0.166. The Morgan fingerprint density at radius 3 is 1.34 bits per heavy atom. The van der Waals surface area contributed by atoms with E-state index in [0.29, 0.717) is 65.6 Å². The number of carbonyl (C=O) groups is 6.